The molecule has 19 heavy (non-hydrogen) atoms. The molecule has 0 atom stereocenters. The Bertz CT molecular complexity index is 753. The number of nitrogens with one attached hydrogen (secondary N) is 1. The van der Waals surface area contributed by atoms with Gasteiger partial charge in [0, 0.05) is 17.3 Å². The number of nitrogens with zero attached hydrogens (tertiary/aromatic N) is 3. The fourth-order valence-corrected chi connectivity index (χ4v) is 2.39. The SMILES string of the molecule is O=c1[nH]c(-c2ncccn2)nc(O)c1-c1cccs1. The van der Waals surface area contributed by atoms with Crippen LogP contribution in [0.25, 0.3) is 22.1 Å². The quantitative estimate of drug-likeness (QED) is 0.740. The average molecular weight is 272 g/mol. The Kier molecular flexibility index (Phi) is 2.81. The van der Waals surface area contributed by atoms with E-state index in [-0.39, 0.29) is 23.1 Å². The Morgan fingerprint density at radius 1 is 1.21 bits per heavy atom. The van der Waals surface area contributed by atoms with Crippen molar-refractivity contribution in [2.45, 2.75) is 0 Å². The minimum absolute atomic E-state index is 0.142. The summed E-state index contributed by atoms with van der Waals surface area (Å²) >= 11 is 1.35. The van der Waals surface area contributed by atoms with Gasteiger partial charge in [-0.15, -0.1) is 11.3 Å². The topological polar surface area (TPSA) is 91.8 Å². The molecule has 3 aromatic heterocycles. The molecule has 0 amide bonds. The highest BCUT2D eigenvalue weighted by Gasteiger charge is 2.15. The fourth-order valence-electron chi connectivity index (χ4n) is 1.63. The molecule has 3 rings (SSSR count). The van der Waals surface area contributed by atoms with Crippen LogP contribution in [0.5, 0.6) is 5.88 Å². The van der Waals surface area contributed by atoms with Crippen molar-refractivity contribution < 1.29 is 5.11 Å². The molecule has 3 aromatic rings. The van der Waals surface area contributed by atoms with Gasteiger partial charge in [0.1, 0.15) is 5.56 Å². The summed E-state index contributed by atoms with van der Waals surface area (Å²) in [6.07, 6.45) is 3.07. The van der Waals surface area contributed by atoms with Crippen LogP contribution in [0.2, 0.25) is 0 Å². The second-order valence-electron chi connectivity index (χ2n) is 3.66. The minimum atomic E-state index is -0.419. The summed E-state index contributed by atoms with van der Waals surface area (Å²) in [4.78, 5) is 27.1. The second-order valence-corrected chi connectivity index (χ2v) is 4.61. The standard InChI is InChI=1S/C12H8N4O2S/c17-11-8(7-3-1-6-19-7)12(18)16-10(15-11)9-13-4-2-5-14-9/h1-6H,(H2,15,16,17,18). The third-order valence-electron chi connectivity index (χ3n) is 2.45. The van der Waals surface area contributed by atoms with Gasteiger partial charge in [0.15, 0.2) is 11.6 Å². The van der Waals surface area contributed by atoms with Gasteiger partial charge in [0.25, 0.3) is 5.56 Å². The summed E-state index contributed by atoms with van der Waals surface area (Å²) in [5, 5.41) is 11.7. The molecule has 3 heterocycles. The monoisotopic (exact) mass is 272 g/mol. The van der Waals surface area contributed by atoms with Crippen LogP contribution in [0.15, 0.2) is 40.8 Å². The van der Waals surface area contributed by atoms with Crippen LogP contribution in [-0.4, -0.2) is 25.0 Å². The van der Waals surface area contributed by atoms with E-state index in [0.29, 0.717) is 4.88 Å². The highest BCUT2D eigenvalue weighted by molar-refractivity contribution is 7.13. The Morgan fingerprint density at radius 3 is 2.63 bits per heavy atom. The minimum Gasteiger partial charge on any atom is -0.493 e. The molecule has 2 N–H and O–H groups in total. The Morgan fingerprint density at radius 2 is 2.00 bits per heavy atom. The van der Waals surface area contributed by atoms with E-state index in [9.17, 15) is 9.90 Å². The van der Waals surface area contributed by atoms with E-state index in [0.717, 1.165) is 0 Å². The Balaban J connectivity index is 2.17. The van der Waals surface area contributed by atoms with Gasteiger partial charge in [-0.05, 0) is 17.5 Å². The van der Waals surface area contributed by atoms with E-state index in [2.05, 4.69) is 19.9 Å². The first kappa shape index (κ1) is 11.5. The van der Waals surface area contributed by atoms with Gasteiger partial charge in [-0.2, -0.15) is 4.98 Å². The van der Waals surface area contributed by atoms with E-state index < -0.39 is 5.56 Å². The largest absolute Gasteiger partial charge is 0.493 e. The van der Waals surface area contributed by atoms with Crippen molar-refractivity contribution in [2.24, 2.45) is 0 Å². The number of rotatable bonds is 2. The molecule has 0 aliphatic heterocycles. The van der Waals surface area contributed by atoms with Crippen molar-refractivity contribution >= 4 is 11.3 Å². The number of hydrogen-bond donors (Lipinski definition) is 2. The highest BCUT2D eigenvalue weighted by Crippen LogP contribution is 2.28. The molecule has 0 bridgehead atoms. The molecule has 94 valence electrons. The Labute approximate surface area is 111 Å². The van der Waals surface area contributed by atoms with Gasteiger partial charge in [0.05, 0.1) is 0 Å². The first-order valence-electron chi connectivity index (χ1n) is 5.40. The van der Waals surface area contributed by atoms with Crippen LogP contribution in [-0.2, 0) is 0 Å². The Hall–Kier alpha value is -2.54. The maximum atomic E-state index is 12.0. The molecule has 0 aliphatic carbocycles. The van der Waals surface area contributed by atoms with Crippen molar-refractivity contribution in [3.63, 3.8) is 0 Å². The lowest BCUT2D eigenvalue weighted by molar-refractivity contribution is 0.454. The van der Waals surface area contributed by atoms with Gasteiger partial charge >= 0.3 is 0 Å². The molecule has 0 radical (unpaired) electrons. The van der Waals surface area contributed by atoms with Crippen LogP contribution < -0.4 is 5.56 Å². The van der Waals surface area contributed by atoms with E-state index in [1.807, 2.05) is 5.38 Å². The van der Waals surface area contributed by atoms with Crippen molar-refractivity contribution in [1.29, 1.82) is 0 Å². The van der Waals surface area contributed by atoms with E-state index >= 15 is 0 Å². The van der Waals surface area contributed by atoms with Crippen molar-refractivity contribution in [2.75, 3.05) is 0 Å². The summed E-state index contributed by atoms with van der Waals surface area (Å²) < 4.78 is 0. The molecule has 0 saturated carbocycles. The molecule has 0 aliphatic rings. The van der Waals surface area contributed by atoms with Crippen molar-refractivity contribution in [1.82, 2.24) is 19.9 Å². The number of aromatic amines is 1. The third kappa shape index (κ3) is 2.11. The maximum Gasteiger partial charge on any atom is 0.263 e. The lowest BCUT2D eigenvalue weighted by Crippen LogP contribution is -2.12. The van der Waals surface area contributed by atoms with Gasteiger partial charge in [-0.25, -0.2) is 9.97 Å². The number of aromatic hydroxyl groups is 1. The molecule has 0 spiro atoms. The van der Waals surface area contributed by atoms with Crippen molar-refractivity contribution in [3.8, 4) is 28.0 Å². The van der Waals surface area contributed by atoms with E-state index in [4.69, 9.17) is 0 Å². The molecule has 0 fully saturated rings. The van der Waals surface area contributed by atoms with Gasteiger partial charge in [-0.3, -0.25) is 4.79 Å². The normalized spacial score (nSPS) is 10.5. The first-order chi connectivity index (χ1) is 9.25. The summed E-state index contributed by atoms with van der Waals surface area (Å²) in [6.45, 7) is 0. The van der Waals surface area contributed by atoms with Gasteiger partial charge in [-0.1, -0.05) is 6.07 Å². The van der Waals surface area contributed by atoms with E-state index in [1.165, 1.54) is 23.7 Å². The van der Waals surface area contributed by atoms with Crippen LogP contribution in [0.4, 0.5) is 0 Å². The lowest BCUT2D eigenvalue weighted by atomic mass is 10.2. The maximum absolute atomic E-state index is 12.0. The third-order valence-corrected chi connectivity index (χ3v) is 3.33. The molecule has 6 nitrogen and oxygen atoms in total. The first-order valence-corrected chi connectivity index (χ1v) is 6.28. The molecule has 7 heteroatoms. The van der Waals surface area contributed by atoms with Crippen LogP contribution in [0.3, 0.4) is 0 Å². The van der Waals surface area contributed by atoms with Crippen molar-refractivity contribution in [3.05, 3.63) is 46.3 Å². The number of thiophene rings is 1. The summed E-state index contributed by atoms with van der Waals surface area (Å²) in [7, 11) is 0. The molecular weight excluding hydrogens is 264 g/mol. The fraction of sp³-hybridized carbons (Fsp3) is 0. The zero-order chi connectivity index (χ0) is 13.2. The van der Waals surface area contributed by atoms with Crippen LogP contribution >= 0.6 is 11.3 Å². The predicted octanol–water partition coefficient (Wildman–Crippen LogP) is 1.66. The number of hydrogen-bond acceptors (Lipinski definition) is 6. The predicted molar refractivity (Wildman–Crippen MR) is 70.9 cm³/mol. The molecule has 0 saturated heterocycles. The smallest absolute Gasteiger partial charge is 0.263 e. The summed E-state index contributed by atoms with van der Waals surface area (Å²) in [5.41, 5.74) is -0.257. The molecule has 0 unspecified atom stereocenters. The second kappa shape index (κ2) is 4.62. The lowest BCUT2D eigenvalue weighted by Gasteiger charge is -2.03. The number of H-pyrrole nitrogens is 1. The molecule has 0 aromatic carbocycles. The van der Waals surface area contributed by atoms with Crippen LogP contribution in [0, 0.1) is 0 Å². The number of aromatic nitrogens is 4. The van der Waals surface area contributed by atoms with Crippen LogP contribution in [0.1, 0.15) is 0 Å². The van der Waals surface area contributed by atoms with E-state index in [1.54, 1.807) is 18.2 Å². The van der Waals surface area contributed by atoms with Gasteiger partial charge in [0.2, 0.25) is 5.88 Å². The summed E-state index contributed by atoms with van der Waals surface area (Å²) in [5.74, 6) is 0.0738. The zero-order valence-corrected chi connectivity index (χ0v) is 10.4. The average Bonchev–Trinajstić information content (AvgIpc) is 2.93. The summed E-state index contributed by atoms with van der Waals surface area (Å²) in [6, 6.07) is 5.20. The zero-order valence-electron chi connectivity index (χ0n) is 9.57. The van der Waals surface area contributed by atoms with Gasteiger partial charge < -0.3 is 10.1 Å². The highest BCUT2D eigenvalue weighted by atomic mass is 32.1. The molecular formula is C12H8N4O2S.